The number of allylic oxidation sites excluding steroid dienone is 1. The smallest absolute Gasteiger partial charge is 0.330 e. The minimum atomic E-state index is -0.971. The molecule has 3 N–H and O–H groups in total. The summed E-state index contributed by atoms with van der Waals surface area (Å²) in [6.07, 6.45) is 3.41. The standard InChI is InChI=1S/C19H18BrN3O3/c1-11-15(22-12-6-5-9-21-10-12)13-7-3-4-8-14(13)17(19(24)25)23-16(11)18(20)26-2/h3-10,17,22-23H,1-2H3,(H,24,25). The second-order valence-corrected chi connectivity index (χ2v) is 6.44. The molecule has 0 amide bonds. The molecule has 0 saturated carbocycles. The lowest BCUT2D eigenvalue weighted by Crippen LogP contribution is -2.28. The minimum Gasteiger partial charge on any atom is -0.488 e. The SMILES string of the molecule is COC(Br)=C1NC(C(=O)O)c2ccccc2C(Nc2cccnc2)=C1C. The Morgan fingerprint density at radius 2 is 2.08 bits per heavy atom. The number of aromatic nitrogens is 1. The van der Waals surface area contributed by atoms with Crippen LogP contribution in [0.4, 0.5) is 5.69 Å². The van der Waals surface area contributed by atoms with Gasteiger partial charge in [0.05, 0.1) is 30.4 Å². The summed E-state index contributed by atoms with van der Waals surface area (Å²) in [5, 5.41) is 16.2. The predicted octanol–water partition coefficient (Wildman–Crippen LogP) is 3.86. The van der Waals surface area contributed by atoms with E-state index in [1.165, 1.54) is 7.11 Å². The molecular formula is C19H18BrN3O3. The number of carboxylic acids is 1. The van der Waals surface area contributed by atoms with Crippen LogP contribution in [0.15, 0.2) is 64.7 Å². The molecule has 0 aliphatic carbocycles. The topological polar surface area (TPSA) is 83.5 Å². The zero-order valence-electron chi connectivity index (χ0n) is 14.3. The maximum atomic E-state index is 11.9. The molecule has 0 saturated heterocycles. The molecule has 1 aromatic heterocycles. The zero-order valence-corrected chi connectivity index (χ0v) is 15.9. The van der Waals surface area contributed by atoms with E-state index in [0.29, 0.717) is 15.9 Å². The Bertz CT molecular complexity index is 894. The molecule has 0 fully saturated rings. The van der Waals surface area contributed by atoms with Crippen molar-refractivity contribution in [2.45, 2.75) is 13.0 Å². The van der Waals surface area contributed by atoms with Crippen molar-refractivity contribution in [3.63, 3.8) is 0 Å². The number of anilines is 1. The summed E-state index contributed by atoms with van der Waals surface area (Å²) >= 11 is 3.38. The van der Waals surface area contributed by atoms with Gasteiger partial charge in [-0.2, -0.15) is 0 Å². The van der Waals surface area contributed by atoms with Gasteiger partial charge in [0.1, 0.15) is 0 Å². The van der Waals surface area contributed by atoms with E-state index in [-0.39, 0.29) is 0 Å². The molecular weight excluding hydrogens is 398 g/mol. The first-order chi connectivity index (χ1) is 12.5. The Balaban J connectivity index is 2.24. The van der Waals surface area contributed by atoms with E-state index >= 15 is 0 Å². The fourth-order valence-corrected chi connectivity index (χ4v) is 3.29. The lowest BCUT2D eigenvalue weighted by molar-refractivity contribution is -0.139. The third-order valence-electron chi connectivity index (χ3n) is 4.13. The first-order valence-corrected chi connectivity index (χ1v) is 8.73. The van der Waals surface area contributed by atoms with Gasteiger partial charge < -0.3 is 20.5 Å². The number of rotatable bonds is 4. The minimum absolute atomic E-state index is 0.430. The van der Waals surface area contributed by atoms with Crippen LogP contribution in [0.2, 0.25) is 0 Å². The Morgan fingerprint density at radius 3 is 2.73 bits per heavy atom. The average molecular weight is 416 g/mol. The maximum absolute atomic E-state index is 11.9. The van der Waals surface area contributed by atoms with Gasteiger partial charge in [0.25, 0.3) is 0 Å². The summed E-state index contributed by atoms with van der Waals surface area (Å²) < 4.78 is 5.74. The molecule has 2 aromatic rings. The van der Waals surface area contributed by atoms with E-state index in [1.807, 2.05) is 43.3 Å². The molecule has 3 rings (SSSR count). The number of methoxy groups -OCH3 is 1. The van der Waals surface area contributed by atoms with Gasteiger partial charge in [-0.3, -0.25) is 4.98 Å². The monoisotopic (exact) mass is 415 g/mol. The summed E-state index contributed by atoms with van der Waals surface area (Å²) in [7, 11) is 1.52. The number of nitrogens with zero attached hydrogens (tertiary/aromatic N) is 1. The van der Waals surface area contributed by atoms with Crippen molar-refractivity contribution in [1.82, 2.24) is 10.3 Å². The highest BCUT2D eigenvalue weighted by molar-refractivity contribution is 9.11. The second kappa shape index (κ2) is 7.61. The van der Waals surface area contributed by atoms with Gasteiger partial charge in [-0.05, 0) is 40.5 Å². The summed E-state index contributed by atoms with van der Waals surface area (Å²) in [4.78, 5) is 16.0. The van der Waals surface area contributed by atoms with Crippen molar-refractivity contribution in [1.29, 1.82) is 0 Å². The van der Waals surface area contributed by atoms with Gasteiger partial charge in [-0.1, -0.05) is 24.3 Å². The number of carbonyl (C=O) groups is 1. The van der Waals surface area contributed by atoms with Crippen molar-refractivity contribution in [3.8, 4) is 0 Å². The number of hydrogen-bond acceptors (Lipinski definition) is 5. The number of hydrogen-bond donors (Lipinski definition) is 3. The Kier molecular flexibility index (Phi) is 5.27. The fraction of sp³-hybridized carbons (Fsp3) is 0.158. The molecule has 0 radical (unpaired) electrons. The fourth-order valence-electron chi connectivity index (χ4n) is 2.88. The van der Waals surface area contributed by atoms with Gasteiger partial charge in [-0.15, -0.1) is 0 Å². The van der Waals surface area contributed by atoms with Crippen molar-refractivity contribution in [2.24, 2.45) is 0 Å². The highest BCUT2D eigenvalue weighted by Crippen LogP contribution is 2.36. The van der Waals surface area contributed by atoms with Crippen LogP contribution >= 0.6 is 15.9 Å². The van der Waals surface area contributed by atoms with E-state index in [9.17, 15) is 9.90 Å². The molecule has 1 aromatic carbocycles. The maximum Gasteiger partial charge on any atom is 0.330 e. The first-order valence-electron chi connectivity index (χ1n) is 7.93. The normalized spacial score (nSPS) is 18.3. The van der Waals surface area contributed by atoms with E-state index in [4.69, 9.17) is 4.74 Å². The van der Waals surface area contributed by atoms with Crippen LogP contribution < -0.4 is 10.6 Å². The molecule has 26 heavy (non-hydrogen) atoms. The van der Waals surface area contributed by atoms with Crippen molar-refractivity contribution in [2.75, 3.05) is 12.4 Å². The molecule has 7 heteroatoms. The Labute approximate surface area is 159 Å². The summed E-state index contributed by atoms with van der Waals surface area (Å²) in [6, 6.07) is 10.2. The van der Waals surface area contributed by atoms with Crippen LogP contribution in [-0.2, 0) is 9.53 Å². The number of pyridine rings is 1. The van der Waals surface area contributed by atoms with Gasteiger partial charge in [0.2, 0.25) is 0 Å². The van der Waals surface area contributed by atoms with Crippen LogP contribution in [0.5, 0.6) is 0 Å². The molecule has 1 atom stereocenters. The number of aliphatic carboxylic acids is 1. The number of ether oxygens (including phenoxy) is 1. The molecule has 6 nitrogen and oxygen atoms in total. The van der Waals surface area contributed by atoms with Crippen molar-refractivity contribution >= 4 is 33.3 Å². The van der Waals surface area contributed by atoms with E-state index in [0.717, 1.165) is 22.5 Å². The van der Waals surface area contributed by atoms with E-state index in [1.54, 1.807) is 12.4 Å². The van der Waals surface area contributed by atoms with Gasteiger partial charge in [0, 0.05) is 17.3 Å². The molecule has 1 aliphatic rings. The lowest BCUT2D eigenvalue weighted by Gasteiger charge is -2.18. The van der Waals surface area contributed by atoms with Gasteiger partial charge in [-0.25, -0.2) is 4.79 Å². The number of fused-ring (bicyclic) bond motifs is 1. The van der Waals surface area contributed by atoms with Gasteiger partial charge >= 0.3 is 5.97 Å². The predicted molar refractivity (Wildman–Crippen MR) is 103 cm³/mol. The number of halogens is 1. The number of nitrogens with one attached hydrogen (secondary N) is 2. The molecule has 1 aliphatic heterocycles. The zero-order chi connectivity index (χ0) is 18.7. The third kappa shape index (κ3) is 3.43. The van der Waals surface area contributed by atoms with Crippen LogP contribution in [-0.4, -0.2) is 23.2 Å². The van der Waals surface area contributed by atoms with Crippen LogP contribution in [0.1, 0.15) is 24.1 Å². The lowest BCUT2D eigenvalue weighted by atomic mass is 9.98. The average Bonchev–Trinajstić information content (AvgIpc) is 2.78. The Hall–Kier alpha value is -2.80. The van der Waals surface area contributed by atoms with Gasteiger partial charge in [0.15, 0.2) is 10.7 Å². The van der Waals surface area contributed by atoms with E-state index < -0.39 is 12.0 Å². The summed E-state index contributed by atoms with van der Waals surface area (Å²) in [5.74, 6) is -0.971. The summed E-state index contributed by atoms with van der Waals surface area (Å²) in [5.41, 5.74) is 4.45. The highest BCUT2D eigenvalue weighted by Gasteiger charge is 2.30. The van der Waals surface area contributed by atoms with Crippen LogP contribution in [0, 0.1) is 0 Å². The van der Waals surface area contributed by atoms with Crippen molar-refractivity contribution in [3.05, 3.63) is 75.9 Å². The highest BCUT2D eigenvalue weighted by atomic mass is 79.9. The van der Waals surface area contributed by atoms with Crippen molar-refractivity contribution < 1.29 is 14.6 Å². The van der Waals surface area contributed by atoms with Crippen LogP contribution in [0.3, 0.4) is 0 Å². The van der Waals surface area contributed by atoms with Crippen LogP contribution in [0.25, 0.3) is 5.70 Å². The molecule has 0 spiro atoms. The molecule has 0 bridgehead atoms. The number of carboxylic acid groups (broad SMARTS) is 1. The largest absolute Gasteiger partial charge is 0.488 e. The third-order valence-corrected chi connectivity index (χ3v) is 4.85. The van der Waals surface area contributed by atoms with E-state index in [2.05, 4.69) is 31.5 Å². The quantitative estimate of drug-likeness (QED) is 0.657. The first kappa shape index (κ1) is 18.0. The second-order valence-electron chi connectivity index (χ2n) is 5.72. The molecule has 134 valence electrons. The Morgan fingerprint density at radius 1 is 1.31 bits per heavy atom. The summed E-state index contributed by atoms with van der Waals surface area (Å²) in [6.45, 7) is 1.91. The molecule has 2 heterocycles. The number of benzene rings is 1. The molecule has 1 unspecified atom stereocenters.